The number of nitrogens with zero attached hydrogens (tertiary/aromatic N) is 2. The highest BCUT2D eigenvalue weighted by molar-refractivity contribution is 6.26. The zero-order valence-corrected chi connectivity index (χ0v) is 44.4. The Morgan fingerprint density at radius 2 is 0.733 bits per heavy atom. The van der Waals surface area contributed by atoms with Gasteiger partial charge < -0.3 is 18.6 Å². The summed E-state index contributed by atoms with van der Waals surface area (Å²) < 4.78 is 14.9. The minimum atomic E-state index is -0.789. The summed E-state index contributed by atoms with van der Waals surface area (Å²) in [6, 6.07) is 63.7. The first-order chi connectivity index (χ1) is 36.3. The Morgan fingerprint density at radius 3 is 1.24 bits per heavy atom. The largest absolute Gasteiger partial charge is 0.455 e. The molecule has 4 heteroatoms. The second-order valence-corrected chi connectivity index (χ2v) is 21.7. The molecule has 2 aromatic heterocycles. The Balaban J connectivity index is 1.22. The predicted molar refractivity (Wildman–Crippen MR) is 314 cm³/mol. The molecule has 0 bridgehead atoms. The van der Waals surface area contributed by atoms with Crippen molar-refractivity contribution in [3.8, 4) is 22.3 Å². The Kier molecular flexibility index (Phi) is 9.73. The van der Waals surface area contributed by atoms with E-state index in [0.717, 1.165) is 89.1 Å². The van der Waals surface area contributed by atoms with Gasteiger partial charge in [0.25, 0.3) is 0 Å². The number of furan rings is 2. The van der Waals surface area contributed by atoms with E-state index in [0.29, 0.717) is 0 Å². The maximum atomic E-state index is 7.56. The first kappa shape index (κ1) is 45.0. The fourth-order valence-corrected chi connectivity index (χ4v) is 13.1. The molecule has 0 radical (unpaired) electrons. The molecule has 0 aliphatic heterocycles. The Hall–Kier alpha value is -8.60. The van der Waals surface area contributed by atoms with Crippen LogP contribution in [-0.2, 0) is 5.41 Å². The summed E-state index contributed by atoms with van der Waals surface area (Å²) in [6.07, 6.45) is 0. The molecule has 1 spiro atoms. The molecule has 4 nitrogen and oxygen atoms in total. The van der Waals surface area contributed by atoms with Crippen LogP contribution >= 0.6 is 0 Å². The van der Waals surface area contributed by atoms with Crippen molar-refractivity contribution < 1.29 is 8.83 Å². The van der Waals surface area contributed by atoms with Crippen molar-refractivity contribution in [3.63, 3.8) is 0 Å². The Labute approximate surface area is 439 Å². The van der Waals surface area contributed by atoms with E-state index >= 15 is 0 Å². The molecule has 2 aliphatic rings. The van der Waals surface area contributed by atoms with Crippen molar-refractivity contribution in [2.24, 2.45) is 0 Å². The van der Waals surface area contributed by atoms with Gasteiger partial charge in [0, 0.05) is 50.0 Å². The van der Waals surface area contributed by atoms with Crippen molar-refractivity contribution in [2.45, 2.75) is 74.7 Å². The molecule has 0 fully saturated rings. The van der Waals surface area contributed by atoms with Crippen molar-refractivity contribution in [1.82, 2.24) is 0 Å². The van der Waals surface area contributed by atoms with E-state index in [-0.39, 0.29) is 0 Å². The lowest BCUT2D eigenvalue weighted by molar-refractivity contribution is 0.668. The number of rotatable bonds is 6. The van der Waals surface area contributed by atoms with Crippen LogP contribution in [0.1, 0.15) is 77.9 Å². The van der Waals surface area contributed by atoms with E-state index in [1.165, 1.54) is 89.0 Å². The highest BCUT2D eigenvalue weighted by atomic mass is 16.3. The standard InChI is InChI=1S/C71H58N2O2/c1-39-27-29-49(30-28-39)72(50-31-40(2)46(8)41(3)32-50)62-38-59-67(66-56-22-14-18-26-64(56)74-69(62)66)68-60(71(59)57-23-15-11-19-53(57)54-20-12-16-24-58(54)71)37-61(65-55-21-13-17-25-63(55)75-70(65)68)73(51-33-42(4)47(9)43(5)34-51)52-35-44(6)48(10)45(7)36-52/h11-38H,1-10H3. The maximum absolute atomic E-state index is 7.56. The SMILES string of the molecule is Cc1ccc(N(c2cc(C)c(C)c(C)c2)c2cc3c(c4c2oc2ccccc24)-c2c(cc(N(c4cc(C)c(C)c(C)c4)c4cc(C)c(C)c(C)c4)c4c2oc2ccccc24)C32c3ccccc3-c3ccccc32)cc1. The van der Waals surface area contributed by atoms with E-state index in [1.807, 2.05) is 0 Å². The third-order valence-electron chi connectivity index (χ3n) is 17.6. The van der Waals surface area contributed by atoms with E-state index in [1.54, 1.807) is 0 Å². The summed E-state index contributed by atoms with van der Waals surface area (Å²) in [6.45, 7) is 22.3. The maximum Gasteiger partial charge on any atom is 0.160 e. The third kappa shape index (κ3) is 6.23. The molecule has 14 rings (SSSR count). The Bertz CT molecular complexity index is 4260. The summed E-state index contributed by atoms with van der Waals surface area (Å²) in [4.78, 5) is 4.98. The molecule has 364 valence electrons. The summed E-state index contributed by atoms with van der Waals surface area (Å²) in [7, 11) is 0. The van der Waals surface area contributed by atoms with Gasteiger partial charge in [0.2, 0.25) is 0 Å². The van der Waals surface area contributed by atoms with Crippen LogP contribution in [0.2, 0.25) is 0 Å². The van der Waals surface area contributed by atoms with Crippen molar-refractivity contribution in [1.29, 1.82) is 0 Å². The molecule has 0 saturated carbocycles. The van der Waals surface area contributed by atoms with Crippen molar-refractivity contribution >= 4 is 78.0 Å². The number of benzene rings is 10. The van der Waals surface area contributed by atoms with Gasteiger partial charge in [-0.25, -0.2) is 0 Å². The third-order valence-corrected chi connectivity index (χ3v) is 17.6. The molecule has 0 saturated heterocycles. The average Bonchev–Trinajstić information content (AvgIpc) is 4.25. The summed E-state index contributed by atoms with van der Waals surface area (Å²) in [5.41, 5.74) is 31.3. The topological polar surface area (TPSA) is 32.8 Å². The van der Waals surface area contributed by atoms with Gasteiger partial charge >= 0.3 is 0 Å². The summed E-state index contributed by atoms with van der Waals surface area (Å²) in [5, 5.41) is 4.30. The molecular formula is C71H58N2O2. The van der Waals surface area contributed by atoms with Gasteiger partial charge in [-0.1, -0.05) is 103 Å². The Morgan fingerprint density at radius 1 is 0.333 bits per heavy atom. The monoisotopic (exact) mass is 970 g/mol. The molecule has 12 aromatic rings. The van der Waals surface area contributed by atoms with Gasteiger partial charge in [0.1, 0.15) is 16.7 Å². The van der Waals surface area contributed by atoms with Gasteiger partial charge in [-0.15, -0.1) is 0 Å². The molecule has 0 atom stereocenters. The van der Waals surface area contributed by atoms with Crippen molar-refractivity contribution in [3.05, 3.63) is 248 Å². The molecule has 2 aliphatic carbocycles. The molecule has 0 unspecified atom stereocenters. The lowest BCUT2D eigenvalue weighted by Gasteiger charge is -2.34. The normalized spacial score (nSPS) is 13.0. The fraction of sp³-hybridized carbons (Fsp3) is 0.155. The van der Waals surface area contributed by atoms with Crippen LogP contribution in [-0.4, -0.2) is 0 Å². The lowest BCUT2D eigenvalue weighted by atomic mass is 9.70. The highest BCUT2D eigenvalue weighted by Crippen LogP contribution is 2.68. The minimum absolute atomic E-state index is 0.789. The highest BCUT2D eigenvalue weighted by Gasteiger charge is 2.54. The van der Waals surface area contributed by atoms with E-state index in [2.05, 4.69) is 249 Å². The van der Waals surface area contributed by atoms with Gasteiger partial charge in [-0.2, -0.15) is 0 Å². The van der Waals surface area contributed by atoms with E-state index in [4.69, 9.17) is 8.83 Å². The summed E-state index contributed by atoms with van der Waals surface area (Å²) >= 11 is 0. The van der Waals surface area contributed by atoms with Gasteiger partial charge in [-0.05, 0) is 225 Å². The quantitative estimate of drug-likeness (QED) is 0.166. The zero-order chi connectivity index (χ0) is 51.3. The molecular weight excluding hydrogens is 913 g/mol. The molecule has 0 N–H and O–H groups in total. The summed E-state index contributed by atoms with van der Waals surface area (Å²) in [5.74, 6) is 0. The molecule has 2 heterocycles. The molecule has 10 aromatic carbocycles. The zero-order valence-electron chi connectivity index (χ0n) is 44.4. The van der Waals surface area contributed by atoms with Crippen LogP contribution in [0.4, 0.5) is 34.1 Å². The molecule has 75 heavy (non-hydrogen) atoms. The van der Waals surface area contributed by atoms with E-state index in [9.17, 15) is 0 Å². The number of para-hydroxylation sites is 2. The smallest absolute Gasteiger partial charge is 0.160 e. The van der Waals surface area contributed by atoms with Crippen LogP contribution in [0, 0.1) is 69.2 Å². The molecule has 0 amide bonds. The second kappa shape index (κ2) is 16.2. The number of hydrogen-bond donors (Lipinski definition) is 0. The van der Waals surface area contributed by atoms with Crippen LogP contribution in [0.3, 0.4) is 0 Å². The first-order valence-electron chi connectivity index (χ1n) is 26.4. The average molecular weight is 971 g/mol. The lowest BCUT2D eigenvalue weighted by Crippen LogP contribution is -2.26. The minimum Gasteiger partial charge on any atom is -0.455 e. The van der Waals surface area contributed by atoms with Crippen LogP contribution in [0.15, 0.2) is 179 Å². The van der Waals surface area contributed by atoms with Crippen molar-refractivity contribution in [2.75, 3.05) is 9.80 Å². The first-order valence-corrected chi connectivity index (χ1v) is 26.4. The second-order valence-electron chi connectivity index (χ2n) is 21.7. The van der Waals surface area contributed by atoms with Gasteiger partial charge in [-0.3, -0.25) is 0 Å². The number of fused-ring (bicyclic) bond motifs is 18. The van der Waals surface area contributed by atoms with E-state index < -0.39 is 5.41 Å². The van der Waals surface area contributed by atoms with Crippen LogP contribution in [0.25, 0.3) is 66.1 Å². The van der Waals surface area contributed by atoms with Gasteiger partial charge in [0.15, 0.2) is 5.58 Å². The predicted octanol–water partition coefficient (Wildman–Crippen LogP) is 19.9. The number of aryl methyl sites for hydroxylation is 7. The van der Waals surface area contributed by atoms with Crippen LogP contribution in [0.5, 0.6) is 0 Å². The van der Waals surface area contributed by atoms with Gasteiger partial charge in [0.05, 0.1) is 22.2 Å². The number of anilines is 6. The fourth-order valence-electron chi connectivity index (χ4n) is 13.1. The van der Waals surface area contributed by atoms with Crippen LogP contribution < -0.4 is 9.80 Å². The number of hydrogen-bond acceptors (Lipinski definition) is 4.